The quantitative estimate of drug-likeness (QED) is 0.731. The van der Waals surface area contributed by atoms with Crippen molar-refractivity contribution in [3.8, 4) is 0 Å². The smallest absolute Gasteiger partial charge is 0.269 e. The van der Waals surface area contributed by atoms with Crippen molar-refractivity contribution in [2.45, 2.75) is 18.4 Å². The first kappa shape index (κ1) is 17.2. The van der Waals surface area contributed by atoms with Gasteiger partial charge in [0.15, 0.2) is 5.17 Å². The first-order valence-corrected chi connectivity index (χ1v) is 10.2. The number of rotatable bonds is 3. The minimum Gasteiger partial charge on any atom is -0.337 e. The molecule has 2 heterocycles. The highest BCUT2D eigenvalue weighted by atomic mass is 32.2. The Hall–Kier alpha value is -2.18. The lowest BCUT2D eigenvalue weighted by Gasteiger charge is -2.15. The van der Waals surface area contributed by atoms with Crippen LogP contribution in [0.4, 0.5) is 5.69 Å². The molecule has 2 aliphatic heterocycles. The van der Waals surface area contributed by atoms with E-state index >= 15 is 0 Å². The first-order chi connectivity index (χ1) is 12.7. The Morgan fingerprint density at radius 3 is 2.46 bits per heavy atom. The molecule has 0 saturated carbocycles. The van der Waals surface area contributed by atoms with Crippen molar-refractivity contribution in [1.82, 2.24) is 4.90 Å². The summed E-state index contributed by atoms with van der Waals surface area (Å²) in [5.41, 5.74) is 2.29. The Morgan fingerprint density at radius 2 is 1.73 bits per heavy atom. The second-order valence-corrected chi connectivity index (χ2v) is 8.01. The minimum atomic E-state index is 0.0477. The third kappa shape index (κ3) is 3.04. The van der Waals surface area contributed by atoms with E-state index in [0.717, 1.165) is 26.4 Å². The van der Waals surface area contributed by atoms with Gasteiger partial charge in [-0.1, -0.05) is 54.2 Å². The summed E-state index contributed by atoms with van der Waals surface area (Å²) in [5.74, 6) is 0.0477. The molecule has 1 saturated heterocycles. The van der Waals surface area contributed by atoms with Crippen molar-refractivity contribution in [3.05, 3.63) is 70.1 Å². The van der Waals surface area contributed by atoms with Gasteiger partial charge in [0.25, 0.3) is 5.91 Å². The molecule has 4 rings (SSSR count). The van der Waals surface area contributed by atoms with Gasteiger partial charge in [0.2, 0.25) is 0 Å². The Morgan fingerprint density at radius 1 is 1.00 bits per heavy atom. The number of amides is 1. The third-order valence-corrected chi connectivity index (χ3v) is 6.82. The number of carbonyl (C=O) groups is 1. The van der Waals surface area contributed by atoms with Crippen molar-refractivity contribution >= 4 is 40.3 Å². The van der Waals surface area contributed by atoms with Crippen molar-refractivity contribution in [3.63, 3.8) is 0 Å². The number of aliphatic imine (C=N–C) groups is 1. The molecule has 1 fully saturated rings. The number of anilines is 1. The van der Waals surface area contributed by atoms with Crippen LogP contribution in [0.1, 0.15) is 12.5 Å². The van der Waals surface area contributed by atoms with Gasteiger partial charge in [-0.2, -0.15) is 0 Å². The molecule has 26 heavy (non-hydrogen) atoms. The minimum absolute atomic E-state index is 0.0477. The highest BCUT2D eigenvalue weighted by Gasteiger charge is 2.38. The van der Waals surface area contributed by atoms with Gasteiger partial charge in [0.1, 0.15) is 4.91 Å². The lowest BCUT2D eigenvalue weighted by Crippen LogP contribution is -2.29. The number of fused-ring (bicyclic) bond motifs is 1. The predicted molar refractivity (Wildman–Crippen MR) is 110 cm³/mol. The fraction of sp³-hybridized carbons (Fsp3) is 0.200. The molecular formula is C20H19N3OS2. The van der Waals surface area contributed by atoms with Gasteiger partial charge in [0, 0.05) is 18.5 Å². The van der Waals surface area contributed by atoms with E-state index in [1.54, 1.807) is 16.7 Å². The SMILES string of the molecule is CCN1C(=O)C(=C2Sc3ccccc3N2C)SC1=NCc1ccccc1. The maximum absolute atomic E-state index is 13.0. The molecule has 0 atom stereocenters. The molecule has 0 N–H and O–H groups in total. The highest BCUT2D eigenvalue weighted by Crippen LogP contribution is 2.49. The fourth-order valence-electron chi connectivity index (χ4n) is 2.97. The van der Waals surface area contributed by atoms with Gasteiger partial charge in [0.05, 0.1) is 17.3 Å². The highest BCUT2D eigenvalue weighted by molar-refractivity contribution is 8.19. The zero-order valence-corrected chi connectivity index (χ0v) is 16.3. The van der Waals surface area contributed by atoms with Gasteiger partial charge in [-0.05, 0) is 36.4 Å². The molecule has 0 aliphatic carbocycles. The summed E-state index contributed by atoms with van der Waals surface area (Å²) in [5, 5.41) is 1.78. The number of benzene rings is 2. The third-order valence-electron chi connectivity index (χ3n) is 4.35. The van der Waals surface area contributed by atoms with E-state index < -0.39 is 0 Å². The summed E-state index contributed by atoms with van der Waals surface area (Å²) in [6.45, 7) is 3.20. The molecule has 6 heteroatoms. The monoisotopic (exact) mass is 381 g/mol. The second-order valence-electron chi connectivity index (χ2n) is 6.00. The molecule has 0 unspecified atom stereocenters. The van der Waals surface area contributed by atoms with Crippen LogP contribution < -0.4 is 4.90 Å². The van der Waals surface area contributed by atoms with Crippen LogP contribution in [0.5, 0.6) is 0 Å². The van der Waals surface area contributed by atoms with Crippen LogP contribution in [0.2, 0.25) is 0 Å². The number of hydrogen-bond acceptors (Lipinski definition) is 5. The number of carbonyl (C=O) groups excluding carboxylic acids is 1. The summed E-state index contributed by atoms with van der Waals surface area (Å²) in [4.78, 5) is 23.5. The first-order valence-electron chi connectivity index (χ1n) is 8.52. The predicted octanol–water partition coefficient (Wildman–Crippen LogP) is 4.55. The normalized spacial score (nSPS) is 21.0. The standard InChI is InChI=1S/C20H19N3OS2/c1-3-23-18(24)17(19-22(2)15-11-7-8-12-16(15)25-19)26-20(23)21-13-14-9-5-4-6-10-14/h4-12H,3,13H2,1-2H3. The molecule has 0 aromatic heterocycles. The molecule has 132 valence electrons. The maximum atomic E-state index is 13.0. The number of hydrogen-bond donors (Lipinski definition) is 0. The van der Waals surface area contributed by atoms with E-state index in [9.17, 15) is 4.79 Å². The van der Waals surface area contributed by atoms with Crippen LogP contribution in [0, 0.1) is 0 Å². The van der Waals surface area contributed by atoms with Crippen molar-refractivity contribution < 1.29 is 4.79 Å². The summed E-state index contributed by atoms with van der Waals surface area (Å²) >= 11 is 3.14. The molecule has 0 spiro atoms. The molecule has 0 bridgehead atoms. The Bertz CT molecular complexity index is 908. The van der Waals surface area contributed by atoms with E-state index in [0.29, 0.717) is 13.1 Å². The number of thioether (sulfide) groups is 2. The number of nitrogens with zero attached hydrogens (tertiary/aromatic N) is 3. The van der Waals surface area contributed by atoms with E-state index in [4.69, 9.17) is 4.99 Å². The van der Waals surface area contributed by atoms with Crippen LogP contribution >= 0.6 is 23.5 Å². The fourth-order valence-corrected chi connectivity index (χ4v) is 5.36. The number of likely N-dealkylation sites (N-methyl/N-ethyl adjacent to an activating group) is 1. The largest absolute Gasteiger partial charge is 0.337 e. The van der Waals surface area contributed by atoms with Crippen LogP contribution in [-0.2, 0) is 11.3 Å². The number of para-hydroxylation sites is 1. The zero-order chi connectivity index (χ0) is 18.1. The van der Waals surface area contributed by atoms with Crippen LogP contribution in [0.25, 0.3) is 0 Å². The van der Waals surface area contributed by atoms with Crippen LogP contribution in [0.15, 0.2) is 74.4 Å². The summed E-state index contributed by atoms with van der Waals surface area (Å²) < 4.78 is 0. The number of amidine groups is 1. The molecule has 2 aromatic rings. The average Bonchev–Trinajstić information content (AvgIpc) is 3.17. The van der Waals surface area contributed by atoms with Crippen molar-refractivity contribution in [1.29, 1.82) is 0 Å². The molecule has 2 aliphatic rings. The van der Waals surface area contributed by atoms with Crippen molar-refractivity contribution in [2.24, 2.45) is 4.99 Å². The van der Waals surface area contributed by atoms with E-state index in [1.807, 2.05) is 44.3 Å². The molecular weight excluding hydrogens is 362 g/mol. The summed E-state index contributed by atoms with van der Waals surface area (Å²) in [7, 11) is 2.02. The Balaban J connectivity index is 1.64. The lowest BCUT2D eigenvalue weighted by atomic mass is 10.2. The van der Waals surface area contributed by atoms with E-state index in [2.05, 4.69) is 29.2 Å². The van der Waals surface area contributed by atoms with Crippen molar-refractivity contribution in [2.75, 3.05) is 18.5 Å². The Kier molecular flexibility index (Phi) is 4.78. The molecule has 1 amide bonds. The van der Waals surface area contributed by atoms with Gasteiger partial charge in [-0.3, -0.25) is 14.7 Å². The Labute approximate surface area is 162 Å². The maximum Gasteiger partial charge on any atom is 0.269 e. The van der Waals surface area contributed by atoms with E-state index in [1.165, 1.54) is 16.7 Å². The van der Waals surface area contributed by atoms with Gasteiger partial charge in [-0.15, -0.1) is 0 Å². The molecule has 4 nitrogen and oxygen atoms in total. The van der Waals surface area contributed by atoms with Gasteiger partial charge < -0.3 is 4.90 Å². The second kappa shape index (κ2) is 7.21. The lowest BCUT2D eigenvalue weighted by molar-refractivity contribution is -0.122. The van der Waals surface area contributed by atoms with E-state index in [-0.39, 0.29) is 5.91 Å². The van der Waals surface area contributed by atoms with Gasteiger partial charge >= 0.3 is 0 Å². The van der Waals surface area contributed by atoms with Gasteiger partial charge in [-0.25, -0.2) is 0 Å². The van der Waals surface area contributed by atoms with Crippen LogP contribution in [-0.4, -0.2) is 29.6 Å². The topological polar surface area (TPSA) is 35.9 Å². The summed E-state index contributed by atoms with van der Waals surface area (Å²) in [6, 6.07) is 18.4. The summed E-state index contributed by atoms with van der Waals surface area (Å²) in [6.07, 6.45) is 0. The average molecular weight is 382 g/mol. The zero-order valence-electron chi connectivity index (χ0n) is 14.7. The van der Waals surface area contributed by atoms with Crippen LogP contribution in [0.3, 0.4) is 0 Å². The molecule has 2 aromatic carbocycles. The molecule has 0 radical (unpaired) electrons.